The molecule has 0 aliphatic heterocycles. The van der Waals surface area contributed by atoms with E-state index in [4.69, 9.17) is 16.3 Å². The molecule has 0 amide bonds. The molecule has 6 heteroatoms. The zero-order valence-corrected chi connectivity index (χ0v) is 16.0. The van der Waals surface area contributed by atoms with E-state index in [1.54, 1.807) is 0 Å². The molecule has 2 N–H and O–H groups in total. The Hall–Kier alpha value is -2.63. The number of benzene rings is 2. The molecule has 2 aromatic carbocycles. The predicted molar refractivity (Wildman–Crippen MR) is 105 cm³/mol. The number of hydrogen-bond donors (Lipinski definition) is 2. The van der Waals surface area contributed by atoms with Gasteiger partial charge in [-0.3, -0.25) is 5.10 Å². The van der Waals surface area contributed by atoms with Crippen LogP contribution < -0.4 is 0 Å². The number of hydrogen-bond acceptors (Lipinski definition) is 3. The summed E-state index contributed by atoms with van der Waals surface area (Å²) in [5.41, 5.74) is 3.29. The highest BCUT2D eigenvalue weighted by Crippen LogP contribution is 2.28. The summed E-state index contributed by atoms with van der Waals surface area (Å²) in [7, 11) is 0. The van der Waals surface area contributed by atoms with Gasteiger partial charge in [-0.25, -0.2) is 4.79 Å². The van der Waals surface area contributed by atoms with E-state index in [0.717, 1.165) is 22.4 Å². The number of carboxylic acids is 1. The van der Waals surface area contributed by atoms with Crippen LogP contribution in [0.2, 0.25) is 5.02 Å². The minimum Gasteiger partial charge on any atom is -0.479 e. The van der Waals surface area contributed by atoms with E-state index in [2.05, 4.69) is 10.2 Å². The zero-order chi connectivity index (χ0) is 19.4. The van der Waals surface area contributed by atoms with E-state index in [0.29, 0.717) is 17.1 Å². The fourth-order valence-corrected chi connectivity index (χ4v) is 2.93. The monoisotopic (exact) mass is 384 g/mol. The van der Waals surface area contributed by atoms with Crippen molar-refractivity contribution in [2.24, 2.45) is 0 Å². The average Bonchev–Trinajstić information content (AvgIpc) is 3.03. The van der Waals surface area contributed by atoms with Crippen LogP contribution in [-0.4, -0.2) is 26.9 Å². The van der Waals surface area contributed by atoms with Crippen molar-refractivity contribution in [1.29, 1.82) is 0 Å². The Bertz CT molecular complexity index is 936. The molecule has 0 saturated heterocycles. The number of carbonyl (C=O) groups is 1. The molecule has 1 aromatic heterocycles. The van der Waals surface area contributed by atoms with Gasteiger partial charge in [0, 0.05) is 17.0 Å². The Morgan fingerprint density at radius 3 is 2.59 bits per heavy atom. The summed E-state index contributed by atoms with van der Waals surface area (Å²) in [6, 6.07) is 17.5. The third kappa shape index (κ3) is 4.56. The lowest BCUT2D eigenvalue weighted by atomic mass is 9.99. The van der Waals surface area contributed by atoms with Crippen molar-refractivity contribution in [1.82, 2.24) is 10.2 Å². The Labute approximate surface area is 163 Å². The first-order chi connectivity index (χ1) is 12.9. The van der Waals surface area contributed by atoms with Crippen LogP contribution in [0, 0.1) is 0 Å². The first kappa shape index (κ1) is 19.1. The van der Waals surface area contributed by atoms with Crippen molar-refractivity contribution in [3.8, 4) is 11.3 Å². The number of rotatable bonds is 7. The summed E-state index contributed by atoms with van der Waals surface area (Å²) >= 11 is 6.12. The Balaban J connectivity index is 1.96. The van der Waals surface area contributed by atoms with Gasteiger partial charge in [-0.15, -0.1) is 0 Å². The van der Waals surface area contributed by atoms with Gasteiger partial charge in [0.05, 0.1) is 18.0 Å². The van der Waals surface area contributed by atoms with Crippen LogP contribution >= 0.6 is 11.6 Å². The van der Waals surface area contributed by atoms with E-state index in [1.165, 1.54) is 13.8 Å². The van der Waals surface area contributed by atoms with E-state index in [1.807, 2.05) is 54.6 Å². The highest BCUT2D eigenvalue weighted by Gasteiger charge is 2.29. The molecule has 0 atom stereocenters. The Kier molecular flexibility index (Phi) is 5.63. The smallest absolute Gasteiger partial charge is 0.335 e. The van der Waals surface area contributed by atoms with Crippen molar-refractivity contribution in [2.45, 2.75) is 32.5 Å². The van der Waals surface area contributed by atoms with E-state index >= 15 is 0 Å². The third-order valence-electron chi connectivity index (χ3n) is 4.37. The largest absolute Gasteiger partial charge is 0.479 e. The van der Waals surface area contributed by atoms with E-state index < -0.39 is 11.6 Å². The summed E-state index contributed by atoms with van der Waals surface area (Å²) in [5, 5.41) is 17.4. The lowest BCUT2D eigenvalue weighted by molar-refractivity contribution is -0.162. The van der Waals surface area contributed by atoms with Crippen molar-refractivity contribution >= 4 is 17.6 Å². The van der Waals surface area contributed by atoms with Gasteiger partial charge in [0.15, 0.2) is 5.60 Å². The molecule has 0 aliphatic carbocycles. The van der Waals surface area contributed by atoms with Gasteiger partial charge >= 0.3 is 5.97 Å². The van der Waals surface area contributed by atoms with Crippen molar-refractivity contribution in [3.63, 3.8) is 0 Å². The molecular weight excluding hydrogens is 364 g/mol. The number of H-pyrrole nitrogens is 1. The van der Waals surface area contributed by atoms with Crippen LogP contribution in [0.3, 0.4) is 0 Å². The second-order valence-corrected chi connectivity index (χ2v) is 7.24. The van der Waals surface area contributed by atoms with Crippen LogP contribution in [0.25, 0.3) is 11.3 Å². The third-order valence-corrected chi connectivity index (χ3v) is 4.61. The van der Waals surface area contributed by atoms with Crippen LogP contribution in [-0.2, 0) is 22.6 Å². The fraction of sp³-hybridized carbons (Fsp3) is 0.238. The maximum atomic E-state index is 11.3. The number of aromatic nitrogens is 2. The molecule has 0 unspecified atom stereocenters. The van der Waals surface area contributed by atoms with Gasteiger partial charge < -0.3 is 9.84 Å². The first-order valence-corrected chi connectivity index (χ1v) is 8.98. The zero-order valence-electron chi connectivity index (χ0n) is 15.2. The van der Waals surface area contributed by atoms with Gasteiger partial charge in [0.25, 0.3) is 0 Å². The number of carboxylic acid groups (broad SMARTS) is 1. The lowest BCUT2D eigenvalue weighted by Gasteiger charge is -2.19. The van der Waals surface area contributed by atoms with Crippen LogP contribution in [0.4, 0.5) is 0 Å². The van der Waals surface area contributed by atoms with Gasteiger partial charge in [-0.1, -0.05) is 54.1 Å². The molecule has 0 aliphatic rings. The maximum absolute atomic E-state index is 11.3. The van der Waals surface area contributed by atoms with E-state index in [9.17, 15) is 9.90 Å². The summed E-state index contributed by atoms with van der Waals surface area (Å²) in [6.45, 7) is 3.14. The summed E-state index contributed by atoms with van der Waals surface area (Å²) < 4.78 is 5.62. The van der Waals surface area contributed by atoms with Crippen molar-refractivity contribution < 1.29 is 14.6 Å². The van der Waals surface area contributed by atoms with Crippen LogP contribution in [0.1, 0.15) is 30.7 Å². The highest BCUT2D eigenvalue weighted by molar-refractivity contribution is 6.30. The molecule has 3 rings (SSSR count). The normalized spacial score (nSPS) is 11.5. The predicted octanol–water partition coefficient (Wildman–Crippen LogP) is 4.70. The maximum Gasteiger partial charge on any atom is 0.335 e. The van der Waals surface area contributed by atoms with Gasteiger partial charge in [-0.2, -0.15) is 5.10 Å². The SMILES string of the molecule is CC(C)(OCc1n[nH]c(-c2ccccc2)c1Cc1cccc(Cl)c1)C(=O)O. The molecule has 0 spiro atoms. The number of halogens is 1. The topological polar surface area (TPSA) is 75.2 Å². The van der Waals surface area contributed by atoms with Crippen LogP contribution in [0.5, 0.6) is 0 Å². The van der Waals surface area contributed by atoms with Crippen molar-refractivity contribution in [3.05, 3.63) is 76.4 Å². The molecule has 0 fully saturated rings. The van der Waals surface area contributed by atoms with Crippen molar-refractivity contribution in [2.75, 3.05) is 0 Å². The highest BCUT2D eigenvalue weighted by atomic mass is 35.5. The fourth-order valence-electron chi connectivity index (χ4n) is 2.72. The van der Waals surface area contributed by atoms with Gasteiger partial charge in [0.2, 0.25) is 0 Å². The number of aliphatic carboxylic acids is 1. The lowest BCUT2D eigenvalue weighted by Crippen LogP contribution is -2.34. The molecule has 1 heterocycles. The molecule has 0 radical (unpaired) electrons. The quantitative estimate of drug-likeness (QED) is 0.619. The summed E-state index contributed by atoms with van der Waals surface area (Å²) in [5.74, 6) is -1.02. The first-order valence-electron chi connectivity index (χ1n) is 8.60. The van der Waals surface area contributed by atoms with Gasteiger partial charge in [0.1, 0.15) is 0 Å². The molecule has 140 valence electrons. The summed E-state index contributed by atoms with van der Waals surface area (Å²) in [4.78, 5) is 11.3. The minimum atomic E-state index is -1.29. The minimum absolute atomic E-state index is 0.0958. The molecular formula is C21H21ClN2O3. The summed E-state index contributed by atoms with van der Waals surface area (Å²) in [6.07, 6.45) is 0.605. The standard InChI is InChI=1S/C21H21ClN2O3/c1-21(2,20(25)26)27-13-18-17(12-14-7-6-10-16(22)11-14)19(24-23-18)15-8-4-3-5-9-15/h3-11H,12-13H2,1-2H3,(H,23,24)(H,25,26). The molecule has 0 bridgehead atoms. The Morgan fingerprint density at radius 1 is 1.19 bits per heavy atom. The number of aromatic amines is 1. The average molecular weight is 385 g/mol. The second-order valence-electron chi connectivity index (χ2n) is 6.80. The number of nitrogens with zero attached hydrogens (tertiary/aromatic N) is 1. The second kappa shape index (κ2) is 7.94. The molecule has 0 saturated carbocycles. The van der Waals surface area contributed by atoms with E-state index in [-0.39, 0.29) is 6.61 Å². The molecule has 27 heavy (non-hydrogen) atoms. The number of ether oxygens (including phenoxy) is 1. The number of nitrogens with one attached hydrogen (secondary N) is 1. The molecule has 5 nitrogen and oxygen atoms in total. The van der Waals surface area contributed by atoms with Gasteiger partial charge in [-0.05, 0) is 37.1 Å². The Morgan fingerprint density at radius 2 is 1.93 bits per heavy atom. The van der Waals surface area contributed by atoms with Crippen LogP contribution in [0.15, 0.2) is 54.6 Å². The molecule has 3 aromatic rings.